The molecule has 3 aromatic rings. The lowest BCUT2D eigenvalue weighted by atomic mass is 9.89. The van der Waals surface area contributed by atoms with E-state index in [1.807, 2.05) is 5.01 Å². The number of ether oxygens (including phenoxy) is 1. The standard InChI is InChI=1S/C31H36N6O5/c1-18(2)16-19-12-14-37(15-13-19)36-29(38)21-6-9-23(25(17-21)31(40)41)24-10-11-26(42-3)35-27(24)30(39)34-22-7-4-20(5-8-22)28(32)33/h4-11,17-19H,12-16H2,1-3H3,(H3,32,33)(H,34,39)(H,36,38)(H,40,41). The molecular weight excluding hydrogens is 536 g/mol. The Labute approximate surface area is 244 Å². The number of aromatic carboxylic acids is 1. The Kier molecular flexibility index (Phi) is 9.53. The van der Waals surface area contributed by atoms with Gasteiger partial charge in [-0.15, -0.1) is 0 Å². The Hall–Kier alpha value is -4.77. The first-order valence-corrected chi connectivity index (χ1v) is 13.8. The van der Waals surface area contributed by atoms with E-state index in [-0.39, 0.29) is 39.7 Å². The second kappa shape index (κ2) is 13.3. The molecule has 11 heteroatoms. The topological polar surface area (TPSA) is 171 Å². The van der Waals surface area contributed by atoms with Crippen LogP contribution >= 0.6 is 0 Å². The number of nitrogens with zero attached hydrogens (tertiary/aromatic N) is 2. The number of carbonyl (C=O) groups is 3. The number of pyridine rings is 1. The molecule has 42 heavy (non-hydrogen) atoms. The summed E-state index contributed by atoms with van der Waals surface area (Å²) in [5, 5.41) is 22.2. The van der Waals surface area contributed by atoms with Crippen molar-refractivity contribution in [2.75, 3.05) is 25.5 Å². The van der Waals surface area contributed by atoms with E-state index < -0.39 is 17.8 Å². The van der Waals surface area contributed by atoms with E-state index in [0.29, 0.717) is 23.1 Å². The van der Waals surface area contributed by atoms with Crippen molar-refractivity contribution in [2.24, 2.45) is 17.6 Å². The second-order valence-corrected chi connectivity index (χ2v) is 10.8. The number of hydrazine groups is 1. The van der Waals surface area contributed by atoms with Crippen LogP contribution in [0.15, 0.2) is 54.6 Å². The van der Waals surface area contributed by atoms with Gasteiger partial charge in [0, 0.05) is 41.5 Å². The first kappa shape index (κ1) is 30.2. The first-order chi connectivity index (χ1) is 20.0. The molecule has 4 rings (SSSR count). The minimum absolute atomic E-state index is 0.0611. The zero-order valence-electron chi connectivity index (χ0n) is 23.9. The molecule has 0 spiro atoms. The second-order valence-electron chi connectivity index (χ2n) is 10.8. The SMILES string of the molecule is COc1ccc(-c2ccc(C(=O)NN3CCC(CC(C)C)CC3)cc2C(=O)O)c(C(=O)Nc2ccc(C(=N)N)cc2)n1. The van der Waals surface area contributed by atoms with Crippen LogP contribution in [0.2, 0.25) is 0 Å². The Morgan fingerprint density at radius 3 is 2.26 bits per heavy atom. The summed E-state index contributed by atoms with van der Waals surface area (Å²) in [6.45, 7) is 5.90. The van der Waals surface area contributed by atoms with Gasteiger partial charge >= 0.3 is 5.97 Å². The highest BCUT2D eigenvalue weighted by molar-refractivity contribution is 6.10. The Morgan fingerprint density at radius 2 is 1.67 bits per heavy atom. The number of aromatic nitrogens is 1. The van der Waals surface area contributed by atoms with Crippen LogP contribution in [-0.4, -0.2) is 58.9 Å². The molecule has 11 nitrogen and oxygen atoms in total. The van der Waals surface area contributed by atoms with Crippen molar-refractivity contribution in [1.29, 1.82) is 5.41 Å². The Bertz CT molecular complexity index is 1480. The fourth-order valence-corrected chi connectivity index (χ4v) is 5.12. The van der Waals surface area contributed by atoms with Crippen LogP contribution in [0.25, 0.3) is 11.1 Å². The Morgan fingerprint density at radius 1 is 1.02 bits per heavy atom. The molecule has 2 amide bonds. The lowest BCUT2D eigenvalue weighted by molar-refractivity contribution is 0.0687. The van der Waals surface area contributed by atoms with Crippen molar-refractivity contribution in [2.45, 2.75) is 33.1 Å². The third kappa shape index (κ3) is 7.29. The van der Waals surface area contributed by atoms with E-state index >= 15 is 0 Å². The monoisotopic (exact) mass is 572 g/mol. The van der Waals surface area contributed by atoms with E-state index in [2.05, 4.69) is 29.6 Å². The van der Waals surface area contributed by atoms with Gasteiger partial charge in [0.25, 0.3) is 11.8 Å². The van der Waals surface area contributed by atoms with Crippen LogP contribution in [0, 0.1) is 17.2 Å². The predicted molar refractivity (Wildman–Crippen MR) is 160 cm³/mol. The van der Waals surface area contributed by atoms with Crippen molar-refractivity contribution in [3.63, 3.8) is 0 Å². The smallest absolute Gasteiger partial charge is 0.336 e. The summed E-state index contributed by atoms with van der Waals surface area (Å²) in [5.41, 5.74) is 9.80. The number of methoxy groups -OCH3 is 1. The first-order valence-electron chi connectivity index (χ1n) is 13.8. The average molecular weight is 573 g/mol. The van der Waals surface area contributed by atoms with Gasteiger partial charge in [0.05, 0.1) is 12.7 Å². The molecule has 2 aromatic carbocycles. The summed E-state index contributed by atoms with van der Waals surface area (Å²) in [4.78, 5) is 43.1. The molecule has 0 radical (unpaired) electrons. The van der Waals surface area contributed by atoms with Gasteiger partial charge in [-0.2, -0.15) is 0 Å². The number of piperidine rings is 1. The van der Waals surface area contributed by atoms with Crippen molar-refractivity contribution in [3.8, 4) is 17.0 Å². The molecule has 0 atom stereocenters. The zero-order chi connectivity index (χ0) is 30.4. The number of nitrogen functional groups attached to an aromatic ring is 1. The van der Waals surface area contributed by atoms with E-state index in [1.54, 1.807) is 30.3 Å². The van der Waals surface area contributed by atoms with Gasteiger partial charge in [-0.1, -0.05) is 19.9 Å². The highest BCUT2D eigenvalue weighted by atomic mass is 16.5. The molecular formula is C31H36N6O5. The van der Waals surface area contributed by atoms with E-state index in [9.17, 15) is 19.5 Å². The summed E-state index contributed by atoms with van der Waals surface area (Å²) in [6.07, 6.45) is 3.15. The molecule has 6 N–H and O–H groups in total. The van der Waals surface area contributed by atoms with Gasteiger partial charge in [0.2, 0.25) is 5.88 Å². The van der Waals surface area contributed by atoms with Gasteiger partial charge in [-0.05, 0) is 79.1 Å². The van der Waals surface area contributed by atoms with Crippen molar-refractivity contribution in [3.05, 3.63) is 77.0 Å². The quantitative estimate of drug-likeness (QED) is 0.176. The molecule has 0 unspecified atom stereocenters. The highest BCUT2D eigenvalue weighted by Crippen LogP contribution is 2.30. The maximum atomic E-state index is 13.3. The summed E-state index contributed by atoms with van der Waals surface area (Å²) in [6, 6.07) is 13.8. The minimum atomic E-state index is -1.25. The van der Waals surface area contributed by atoms with Crippen LogP contribution in [0.3, 0.4) is 0 Å². The molecule has 2 heterocycles. The van der Waals surface area contributed by atoms with Crippen LogP contribution in [0.4, 0.5) is 5.69 Å². The largest absolute Gasteiger partial charge is 0.481 e. The summed E-state index contributed by atoms with van der Waals surface area (Å²) >= 11 is 0. The van der Waals surface area contributed by atoms with Crippen molar-refractivity contribution < 1.29 is 24.2 Å². The third-order valence-corrected chi connectivity index (χ3v) is 7.23. The summed E-state index contributed by atoms with van der Waals surface area (Å²) in [5.74, 6) is -0.910. The number of nitrogens with two attached hydrogens (primary N) is 1. The number of anilines is 1. The molecule has 1 fully saturated rings. The van der Waals surface area contributed by atoms with E-state index in [4.69, 9.17) is 15.9 Å². The molecule has 0 aliphatic carbocycles. The third-order valence-electron chi connectivity index (χ3n) is 7.23. The fourth-order valence-electron chi connectivity index (χ4n) is 5.12. The highest BCUT2D eigenvalue weighted by Gasteiger charge is 2.24. The summed E-state index contributed by atoms with van der Waals surface area (Å²) < 4.78 is 5.21. The maximum Gasteiger partial charge on any atom is 0.336 e. The predicted octanol–water partition coefficient (Wildman–Crippen LogP) is 4.39. The lowest BCUT2D eigenvalue weighted by Gasteiger charge is -2.32. The number of nitrogens with one attached hydrogen (secondary N) is 3. The molecule has 1 saturated heterocycles. The average Bonchev–Trinajstić information content (AvgIpc) is 2.97. The van der Waals surface area contributed by atoms with Gasteiger partial charge in [-0.3, -0.25) is 20.4 Å². The van der Waals surface area contributed by atoms with E-state index in [0.717, 1.165) is 32.4 Å². The minimum Gasteiger partial charge on any atom is -0.481 e. The van der Waals surface area contributed by atoms with Gasteiger partial charge in [-0.25, -0.2) is 14.8 Å². The molecule has 1 aliphatic rings. The number of hydrogen-bond acceptors (Lipinski definition) is 7. The molecule has 1 aromatic heterocycles. The van der Waals surface area contributed by atoms with Crippen molar-refractivity contribution in [1.82, 2.24) is 15.4 Å². The van der Waals surface area contributed by atoms with Gasteiger partial charge in [0.15, 0.2) is 0 Å². The van der Waals surface area contributed by atoms with Crippen LogP contribution in [0.1, 0.15) is 69.9 Å². The van der Waals surface area contributed by atoms with Crippen molar-refractivity contribution >= 4 is 29.3 Å². The number of carboxylic acid groups (broad SMARTS) is 1. The molecule has 0 saturated carbocycles. The van der Waals surface area contributed by atoms with Gasteiger partial charge in [0.1, 0.15) is 11.5 Å². The number of benzene rings is 2. The summed E-state index contributed by atoms with van der Waals surface area (Å²) in [7, 11) is 1.41. The number of amidine groups is 1. The molecule has 0 bridgehead atoms. The number of rotatable bonds is 10. The molecule has 1 aliphatic heterocycles. The number of amides is 2. The van der Waals surface area contributed by atoms with Gasteiger partial charge < -0.3 is 20.9 Å². The number of hydrogen-bond donors (Lipinski definition) is 5. The van der Waals surface area contributed by atoms with Crippen LogP contribution in [-0.2, 0) is 0 Å². The normalized spacial score (nSPS) is 13.9. The van der Waals surface area contributed by atoms with Crippen LogP contribution < -0.4 is 21.2 Å². The number of carbonyl (C=O) groups excluding carboxylic acids is 2. The van der Waals surface area contributed by atoms with Crippen LogP contribution in [0.5, 0.6) is 5.88 Å². The maximum absolute atomic E-state index is 13.3. The van der Waals surface area contributed by atoms with E-state index in [1.165, 1.54) is 31.4 Å². The Balaban J connectivity index is 1.58. The fraction of sp³-hybridized carbons (Fsp3) is 0.323. The molecule has 220 valence electrons. The number of carboxylic acids is 1. The zero-order valence-corrected chi connectivity index (χ0v) is 23.9. The lowest BCUT2D eigenvalue weighted by Crippen LogP contribution is -2.46.